The summed E-state index contributed by atoms with van der Waals surface area (Å²) in [6.07, 6.45) is 11.8. The SMILES string of the molecule is Cc1ccc(CC2CCN(C(=O)C3=CN(C4CCN(Cc5ccc(C#N)cc5)CC4)CC=C3)CC2)cc1. The smallest absolute Gasteiger partial charge is 0.255 e. The van der Waals surface area contributed by atoms with Crippen molar-refractivity contribution in [3.05, 3.63) is 94.7 Å². The molecule has 192 valence electrons. The Hall–Kier alpha value is -3.36. The van der Waals surface area contributed by atoms with Gasteiger partial charge in [-0.2, -0.15) is 5.26 Å². The molecule has 3 aliphatic heterocycles. The van der Waals surface area contributed by atoms with Crippen LogP contribution in [-0.2, 0) is 17.8 Å². The van der Waals surface area contributed by atoms with Crippen molar-refractivity contribution in [1.82, 2.24) is 14.7 Å². The Kier molecular flexibility index (Phi) is 8.06. The fraction of sp³-hybridized carbons (Fsp3) is 0.438. The van der Waals surface area contributed by atoms with E-state index >= 15 is 0 Å². The second-order valence-corrected chi connectivity index (χ2v) is 10.9. The van der Waals surface area contributed by atoms with E-state index in [-0.39, 0.29) is 5.91 Å². The van der Waals surface area contributed by atoms with Crippen molar-refractivity contribution in [2.75, 3.05) is 32.7 Å². The zero-order valence-corrected chi connectivity index (χ0v) is 22.0. The summed E-state index contributed by atoms with van der Waals surface area (Å²) in [5.74, 6) is 0.849. The maximum Gasteiger partial charge on any atom is 0.255 e. The zero-order chi connectivity index (χ0) is 25.6. The highest BCUT2D eigenvalue weighted by molar-refractivity contribution is 5.96. The Morgan fingerprint density at radius 1 is 0.919 bits per heavy atom. The molecule has 1 amide bonds. The lowest BCUT2D eigenvalue weighted by molar-refractivity contribution is -0.128. The molecule has 0 unspecified atom stereocenters. The van der Waals surface area contributed by atoms with Crippen LogP contribution in [-0.4, -0.2) is 59.4 Å². The van der Waals surface area contributed by atoms with Gasteiger partial charge in [0.2, 0.25) is 0 Å². The highest BCUT2D eigenvalue weighted by Crippen LogP contribution is 2.26. The lowest BCUT2D eigenvalue weighted by Crippen LogP contribution is -2.44. The monoisotopic (exact) mass is 494 g/mol. The van der Waals surface area contributed by atoms with Gasteiger partial charge in [0.15, 0.2) is 0 Å². The van der Waals surface area contributed by atoms with Crippen LogP contribution in [0.1, 0.15) is 47.9 Å². The maximum atomic E-state index is 13.3. The van der Waals surface area contributed by atoms with Gasteiger partial charge in [-0.05, 0) is 68.2 Å². The highest BCUT2D eigenvalue weighted by Gasteiger charge is 2.28. The van der Waals surface area contributed by atoms with Crippen LogP contribution >= 0.6 is 0 Å². The van der Waals surface area contributed by atoms with Crippen molar-refractivity contribution < 1.29 is 4.79 Å². The van der Waals surface area contributed by atoms with Crippen LogP contribution in [0.3, 0.4) is 0 Å². The molecule has 0 aromatic heterocycles. The Bertz CT molecular complexity index is 1160. The predicted molar refractivity (Wildman–Crippen MR) is 148 cm³/mol. The minimum absolute atomic E-state index is 0.188. The Morgan fingerprint density at radius 3 is 2.27 bits per heavy atom. The van der Waals surface area contributed by atoms with E-state index < -0.39 is 0 Å². The highest BCUT2D eigenvalue weighted by atomic mass is 16.2. The number of carbonyl (C=O) groups is 1. The second-order valence-electron chi connectivity index (χ2n) is 10.9. The van der Waals surface area contributed by atoms with Gasteiger partial charge in [0.1, 0.15) is 0 Å². The molecule has 0 aliphatic carbocycles. The first-order valence-corrected chi connectivity index (χ1v) is 13.8. The average molecular weight is 495 g/mol. The normalized spacial score (nSPS) is 19.5. The van der Waals surface area contributed by atoms with Crippen molar-refractivity contribution >= 4 is 5.91 Å². The number of aryl methyl sites for hydroxylation is 1. The summed E-state index contributed by atoms with van der Waals surface area (Å²) in [5.41, 5.74) is 5.52. The third kappa shape index (κ3) is 6.50. The van der Waals surface area contributed by atoms with Gasteiger partial charge >= 0.3 is 0 Å². The first-order valence-electron chi connectivity index (χ1n) is 13.8. The lowest BCUT2D eigenvalue weighted by Gasteiger charge is -2.39. The van der Waals surface area contributed by atoms with Crippen molar-refractivity contribution in [3.8, 4) is 6.07 Å². The van der Waals surface area contributed by atoms with Gasteiger partial charge in [-0.15, -0.1) is 0 Å². The number of likely N-dealkylation sites (tertiary alicyclic amines) is 2. The number of benzene rings is 2. The molecule has 3 heterocycles. The van der Waals surface area contributed by atoms with Crippen LogP contribution < -0.4 is 0 Å². The molecule has 2 aromatic carbocycles. The van der Waals surface area contributed by atoms with Crippen LogP contribution in [0.5, 0.6) is 0 Å². The number of hydrogen-bond acceptors (Lipinski definition) is 4. The molecule has 0 radical (unpaired) electrons. The summed E-state index contributed by atoms with van der Waals surface area (Å²) >= 11 is 0. The zero-order valence-electron chi connectivity index (χ0n) is 22.0. The molecule has 0 N–H and O–H groups in total. The molecule has 0 saturated carbocycles. The quantitative estimate of drug-likeness (QED) is 0.563. The summed E-state index contributed by atoms with van der Waals surface area (Å²) in [5, 5.41) is 9.00. The molecule has 5 heteroatoms. The van der Waals surface area contributed by atoms with Crippen molar-refractivity contribution in [3.63, 3.8) is 0 Å². The van der Waals surface area contributed by atoms with Crippen LogP contribution in [0, 0.1) is 24.2 Å². The van der Waals surface area contributed by atoms with Gasteiger partial charge in [0.05, 0.1) is 17.2 Å². The van der Waals surface area contributed by atoms with Gasteiger partial charge in [-0.1, -0.05) is 54.1 Å². The van der Waals surface area contributed by atoms with Crippen molar-refractivity contribution in [1.29, 1.82) is 5.26 Å². The van der Waals surface area contributed by atoms with E-state index in [9.17, 15) is 4.79 Å². The van der Waals surface area contributed by atoms with Crippen LogP contribution in [0.25, 0.3) is 0 Å². The van der Waals surface area contributed by atoms with E-state index in [1.54, 1.807) is 0 Å². The van der Waals surface area contributed by atoms with Crippen molar-refractivity contribution in [2.45, 2.75) is 51.6 Å². The van der Waals surface area contributed by atoms with E-state index in [4.69, 9.17) is 5.26 Å². The van der Waals surface area contributed by atoms with Gasteiger partial charge in [0.25, 0.3) is 5.91 Å². The Balaban J connectivity index is 1.10. The van der Waals surface area contributed by atoms with E-state index in [0.29, 0.717) is 17.5 Å². The number of rotatable bonds is 6. The molecule has 5 rings (SSSR count). The molecule has 2 aromatic rings. The van der Waals surface area contributed by atoms with Crippen LogP contribution in [0.2, 0.25) is 0 Å². The summed E-state index contributed by atoms with van der Waals surface area (Å²) in [7, 11) is 0. The largest absolute Gasteiger partial charge is 0.370 e. The van der Waals surface area contributed by atoms with Gasteiger partial charge in [-0.3, -0.25) is 9.69 Å². The molecule has 5 nitrogen and oxygen atoms in total. The van der Waals surface area contributed by atoms with E-state index in [2.05, 4.69) is 76.4 Å². The Morgan fingerprint density at radius 2 is 1.59 bits per heavy atom. The van der Waals surface area contributed by atoms with Crippen molar-refractivity contribution in [2.24, 2.45) is 5.92 Å². The number of hydrogen-bond donors (Lipinski definition) is 0. The molecule has 3 aliphatic rings. The van der Waals surface area contributed by atoms with Gasteiger partial charge in [-0.25, -0.2) is 0 Å². The molecule has 0 bridgehead atoms. The number of nitriles is 1. The predicted octanol–water partition coefficient (Wildman–Crippen LogP) is 5.07. The van der Waals surface area contributed by atoms with E-state index in [1.165, 1.54) is 16.7 Å². The second kappa shape index (κ2) is 11.8. The van der Waals surface area contributed by atoms with Crippen LogP contribution in [0.4, 0.5) is 0 Å². The summed E-state index contributed by atoms with van der Waals surface area (Å²) < 4.78 is 0. The Labute approximate surface area is 221 Å². The van der Waals surface area contributed by atoms with E-state index in [1.807, 2.05) is 18.2 Å². The maximum absolute atomic E-state index is 13.3. The van der Waals surface area contributed by atoms with Crippen LogP contribution in [0.15, 0.2) is 72.5 Å². The first-order chi connectivity index (χ1) is 18.1. The minimum Gasteiger partial charge on any atom is -0.370 e. The number of carbonyl (C=O) groups excluding carboxylic acids is 1. The summed E-state index contributed by atoms with van der Waals surface area (Å²) in [6, 6.07) is 19.5. The summed E-state index contributed by atoms with van der Waals surface area (Å²) in [4.78, 5) is 20.3. The van der Waals surface area contributed by atoms with E-state index in [0.717, 1.165) is 76.9 Å². The minimum atomic E-state index is 0.188. The average Bonchev–Trinajstić information content (AvgIpc) is 2.95. The number of piperidine rings is 2. The fourth-order valence-electron chi connectivity index (χ4n) is 5.89. The van der Waals surface area contributed by atoms with Gasteiger partial charge in [0, 0.05) is 51.5 Å². The number of nitrogens with zero attached hydrogens (tertiary/aromatic N) is 4. The standard InChI is InChI=1S/C32H38N4O/c1-25-4-6-26(7-5-25)21-27-12-19-35(20-13-27)32(37)30-3-2-16-36(24-30)31-14-17-34(18-15-31)23-29-10-8-28(22-33)9-11-29/h2-11,24,27,31H,12-21,23H2,1H3. The molecule has 2 saturated heterocycles. The molecule has 0 spiro atoms. The molecular weight excluding hydrogens is 456 g/mol. The van der Waals surface area contributed by atoms with Gasteiger partial charge < -0.3 is 9.80 Å². The molecule has 37 heavy (non-hydrogen) atoms. The first kappa shape index (κ1) is 25.3. The third-order valence-electron chi connectivity index (χ3n) is 8.23. The molecule has 2 fully saturated rings. The third-order valence-corrected chi connectivity index (χ3v) is 8.23. The lowest BCUT2D eigenvalue weighted by atomic mass is 9.89. The topological polar surface area (TPSA) is 50.6 Å². The number of amides is 1. The summed E-state index contributed by atoms with van der Waals surface area (Å²) in [6.45, 7) is 7.76. The molecular formula is C32H38N4O. The fourth-order valence-corrected chi connectivity index (χ4v) is 5.89. The molecule has 0 atom stereocenters.